The van der Waals surface area contributed by atoms with Crippen LogP contribution in [-0.2, 0) is 7.05 Å². The predicted molar refractivity (Wildman–Crippen MR) is 71.8 cm³/mol. The highest BCUT2D eigenvalue weighted by Crippen LogP contribution is 2.26. The Hall–Kier alpha value is -1.98. The number of para-hydroxylation sites is 2. The number of fused-ring (bicyclic) bond motifs is 1. The third-order valence-electron chi connectivity index (χ3n) is 2.94. The van der Waals surface area contributed by atoms with Crippen molar-refractivity contribution in [2.24, 2.45) is 7.05 Å². The first-order valence-corrected chi connectivity index (χ1v) is 6.12. The minimum absolute atomic E-state index is 0.407. The Balaban J connectivity index is 2.09. The molecule has 0 saturated carbocycles. The van der Waals surface area contributed by atoms with Gasteiger partial charge in [-0.3, -0.25) is 9.67 Å². The molecule has 1 atom stereocenters. The first-order valence-electron chi connectivity index (χ1n) is 5.74. The Bertz CT molecular complexity index is 721. The molecule has 0 bridgehead atoms. The molecule has 2 aromatic heterocycles. The Kier molecular flexibility index (Phi) is 2.93. The van der Waals surface area contributed by atoms with Crippen molar-refractivity contribution in [3.63, 3.8) is 0 Å². The van der Waals surface area contributed by atoms with E-state index in [0.29, 0.717) is 16.4 Å². The maximum absolute atomic E-state index is 10.4. The van der Waals surface area contributed by atoms with Gasteiger partial charge in [-0.25, -0.2) is 4.98 Å². The lowest BCUT2D eigenvalue weighted by Gasteiger charge is -2.11. The molecule has 0 radical (unpaired) electrons. The minimum Gasteiger partial charge on any atom is -0.380 e. The van der Waals surface area contributed by atoms with Crippen LogP contribution in [0.15, 0.2) is 36.7 Å². The molecule has 0 aliphatic heterocycles. The lowest BCUT2D eigenvalue weighted by Crippen LogP contribution is -2.09. The van der Waals surface area contributed by atoms with E-state index in [4.69, 9.17) is 11.6 Å². The zero-order valence-corrected chi connectivity index (χ0v) is 10.9. The fourth-order valence-corrected chi connectivity index (χ4v) is 2.24. The summed E-state index contributed by atoms with van der Waals surface area (Å²) in [5.74, 6) is 0. The standard InChI is InChI=1S/C13H11ClN4O/c1-18-12(8(14)6-16-18)13(19)11-7-15-9-4-2-3-5-10(9)17-11/h2-7,13,19H,1H3. The van der Waals surface area contributed by atoms with Gasteiger partial charge in [-0.1, -0.05) is 23.7 Å². The summed E-state index contributed by atoms with van der Waals surface area (Å²) in [5.41, 5.74) is 2.47. The van der Waals surface area contributed by atoms with Gasteiger partial charge in [0.1, 0.15) is 6.10 Å². The van der Waals surface area contributed by atoms with Crippen LogP contribution in [0.5, 0.6) is 0 Å². The molecule has 1 aromatic carbocycles. The van der Waals surface area contributed by atoms with Crippen molar-refractivity contribution in [2.45, 2.75) is 6.10 Å². The van der Waals surface area contributed by atoms with Crippen LogP contribution in [0.2, 0.25) is 5.02 Å². The third-order valence-corrected chi connectivity index (χ3v) is 3.24. The first-order chi connectivity index (χ1) is 9.16. The summed E-state index contributed by atoms with van der Waals surface area (Å²) in [7, 11) is 1.72. The van der Waals surface area contributed by atoms with Crippen LogP contribution < -0.4 is 0 Å². The van der Waals surface area contributed by atoms with Gasteiger partial charge < -0.3 is 5.11 Å². The molecule has 1 unspecified atom stereocenters. The van der Waals surface area contributed by atoms with E-state index in [-0.39, 0.29) is 0 Å². The van der Waals surface area contributed by atoms with E-state index in [1.165, 1.54) is 10.9 Å². The fraction of sp³-hybridized carbons (Fsp3) is 0.154. The highest BCUT2D eigenvalue weighted by atomic mass is 35.5. The number of aryl methyl sites for hydroxylation is 1. The Morgan fingerprint density at radius 3 is 2.63 bits per heavy atom. The smallest absolute Gasteiger partial charge is 0.141 e. The number of hydrogen-bond acceptors (Lipinski definition) is 4. The van der Waals surface area contributed by atoms with Crippen LogP contribution in [0.4, 0.5) is 0 Å². The number of benzene rings is 1. The van der Waals surface area contributed by atoms with Crippen molar-refractivity contribution < 1.29 is 5.11 Å². The van der Waals surface area contributed by atoms with Gasteiger partial charge in [0.15, 0.2) is 0 Å². The van der Waals surface area contributed by atoms with Crippen LogP contribution in [-0.4, -0.2) is 24.9 Å². The second-order valence-electron chi connectivity index (χ2n) is 4.19. The highest BCUT2D eigenvalue weighted by molar-refractivity contribution is 6.31. The highest BCUT2D eigenvalue weighted by Gasteiger charge is 2.20. The molecule has 96 valence electrons. The van der Waals surface area contributed by atoms with Gasteiger partial charge in [0.2, 0.25) is 0 Å². The van der Waals surface area contributed by atoms with Gasteiger partial charge in [0.05, 0.1) is 39.8 Å². The molecule has 0 fully saturated rings. The molecule has 6 heteroatoms. The van der Waals surface area contributed by atoms with Gasteiger partial charge >= 0.3 is 0 Å². The summed E-state index contributed by atoms with van der Waals surface area (Å²) in [5, 5.41) is 14.8. The van der Waals surface area contributed by atoms with E-state index in [9.17, 15) is 5.11 Å². The van der Waals surface area contributed by atoms with Gasteiger partial charge in [0.25, 0.3) is 0 Å². The zero-order chi connectivity index (χ0) is 13.4. The largest absolute Gasteiger partial charge is 0.380 e. The summed E-state index contributed by atoms with van der Waals surface area (Å²) in [6.45, 7) is 0. The van der Waals surface area contributed by atoms with E-state index in [1.54, 1.807) is 13.2 Å². The number of rotatable bonds is 2. The summed E-state index contributed by atoms with van der Waals surface area (Å²) >= 11 is 6.02. The molecule has 2 heterocycles. The molecule has 0 aliphatic rings. The molecular weight excluding hydrogens is 264 g/mol. The predicted octanol–water partition coefficient (Wildman–Crippen LogP) is 2.10. The zero-order valence-electron chi connectivity index (χ0n) is 10.2. The van der Waals surface area contributed by atoms with Crippen molar-refractivity contribution in [2.75, 3.05) is 0 Å². The maximum Gasteiger partial charge on any atom is 0.141 e. The van der Waals surface area contributed by atoms with Crippen LogP contribution in [0, 0.1) is 0 Å². The van der Waals surface area contributed by atoms with E-state index in [1.807, 2.05) is 24.3 Å². The SMILES string of the molecule is Cn1ncc(Cl)c1C(O)c1cnc2ccccc2n1. The average molecular weight is 275 g/mol. The van der Waals surface area contributed by atoms with Crippen molar-refractivity contribution in [1.29, 1.82) is 0 Å². The Labute approximate surface area is 114 Å². The third kappa shape index (κ3) is 2.07. The van der Waals surface area contributed by atoms with Crippen LogP contribution >= 0.6 is 11.6 Å². The Morgan fingerprint density at radius 2 is 1.95 bits per heavy atom. The second kappa shape index (κ2) is 4.60. The number of nitrogens with zero attached hydrogens (tertiary/aromatic N) is 4. The molecule has 0 saturated heterocycles. The molecule has 0 spiro atoms. The van der Waals surface area contributed by atoms with Crippen LogP contribution in [0.1, 0.15) is 17.5 Å². The van der Waals surface area contributed by atoms with Gasteiger partial charge in [-0.15, -0.1) is 0 Å². The Morgan fingerprint density at radius 1 is 1.21 bits per heavy atom. The molecule has 0 amide bonds. The van der Waals surface area contributed by atoms with Crippen LogP contribution in [0.25, 0.3) is 11.0 Å². The molecule has 3 rings (SSSR count). The molecule has 0 aliphatic carbocycles. The number of aromatic nitrogens is 4. The second-order valence-corrected chi connectivity index (χ2v) is 4.59. The molecule has 19 heavy (non-hydrogen) atoms. The number of halogens is 1. The summed E-state index contributed by atoms with van der Waals surface area (Å²) in [6.07, 6.45) is 2.10. The van der Waals surface area contributed by atoms with E-state index < -0.39 is 6.10 Å². The first kappa shape index (κ1) is 12.1. The summed E-state index contributed by atoms with van der Waals surface area (Å²) in [6, 6.07) is 7.49. The van der Waals surface area contributed by atoms with E-state index in [0.717, 1.165) is 11.0 Å². The summed E-state index contributed by atoms with van der Waals surface area (Å²) in [4.78, 5) is 8.68. The quantitative estimate of drug-likeness (QED) is 0.777. The number of aliphatic hydroxyl groups is 1. The lowest BCUT2D eigenvalue weighted by atomic mass is 10.2. The minimum atomic E-state index is -0.947. The van der Waals surface area contributed by atoms with Crippen molar-refractivity contribution >= 4 is 22.6 Å². The van der Waals surface area contributed by atoms with Gasteiger partial charge in [-0.2, -0.15) is 5.10 Å². The van der Waals surface area contributed by atoms with Crippen molar-refractivity contribution in [1.82, 2.24) is 19.7 Å². The normalized spacial score (nSPS) is 12.8. The molecule has 5 nitrogen and oxygen atoms in total. The van der Waals surface area contributed by atoms with Crippen molar-refractivity contribution in [3.8, 4) is 0 Å². The maximum atomic E-state index is 10.4. The summed E-state index contributed by atoms with van der Waals surface area (Å²) < 4.78 is 1.53. The van der Waals surface area contributed by atoms with E-state index >= 15 is 0 Å². The van der Waals surface area contributed by atoms with E-state index in [2.05, 4.69) is 15.1 Å². The van der Waals surface area contributed by atoms with Gasteiger partial charge in [0, 0.05) is 7.05 Å². The number of hydrogen-bond donors (Lipinski definition) is 1. The fourth-order valence-electron chi connectivity index (χ4n) is 1.97. The lowest BCUT2D eigenvalue weighted by molar-refractivity contribution is 0.205. The topological polar surface area (TPSA) is 63.8 Å². The monoisotopic (exact) mass is 274 g/mol. The van der Waals surface area contributed by atoms with Crippen molar-refractivity contribution in [3.05, 3.63) is 53.1 Å². The molecule has 3 aromatic rings. The van der Waals surface area contributed by atoms with Crippen LogP contribution in [0.3, 0.4) is 0 Å². The molecule has 1 N–H and O–H groups in total. The molecular formula is C13H11ClN4O. The number of aliphatic hydroxyl groups excluding tert-OH is 1. The van der Waals surface area contributed by atoms with Gasteiger partial charge in [-0.05, 0) is 12.1 Å². The average Bonchev–Trinajstić information content (AvgIpc) is 2.77.